The number of hydrogen-bond donors (Lipinski definition) is 0. The molecular formula is C24H31NO2. The predicted molar refractivity (Wildman–Crippen MR) is 110 cm³/mol. The number of benzene rings is 2. The zero-order chi connectivity index (χ0) is 19.4. The summed E-state index contributed by atoms with van der Waals surface area (Å²) < 4.78 is 4.88. The average Bonchev–Trinajstić information content (AvgIpc) is 2.77. The Hall–Kier alpha value is -2.13. The highest BCUT2D eigenvalue weighted by Crippen LogP contribution is 2.43. The van der Waals surface area contributed by atoms with E-state index in [9.17, 15) is 4.79 Å². The fourth-order valence-corrected chi connectivity index (χ4v) is 4.41. The van der Waals surface area contributed by atoms with Crippen LogP contribution in [0.3, 0.4) is 0 Å². The van der Waals surface area contributed by atoms with Gasteiger partial charge < -0.3 is 9.64 Å². The monoisotopic (exact) mass is 365 g/mol. The summed E-state index contributed by atoms with van der Waals surface area (Å²) in [6.07, 6.45) is 4.69. The Morgan fingerprint density at radius 1 is 1.07 bits per heavy atom. The number of carbonyl (C=O) groups excluding carboxylic acids is 1. The van der Waals surface area contributed by atoms with Crippen LogP contribution in [0.4, 0.5) is 0 Å². The molecule has 1 atom stereocenters. The van der Waals surface area contributed by atoms with Crippen molar-refractivity contribution in [2.75, 3.05) is 27.7 Å². The van der Waals surface area contributed by atoms with Gasteiger partial charge in [0.25, 0.3) is 0 Å². The molecule has 0 N–H and O–H groups in total. The van der Waals surface area contributed by atoms with E-state index in [-0.39, 0.29) is 11.4 Å². The van der Waals surface area contributed by atoms with E-state index in [1.807, 2.05) is 0 Å². The standard InChI is InChI=1S/C24H31NO2/c1-24(14-7-15-25(2)3)21-9-6-5-8-19(21)12-13-20-11-10-18(16-22(20)24)17-23(26)27-4/h5-6,8-11,16H,7,12-15,17H2,1-4H3. The summed E-state index contributed by atoms with van der Waals surface area (Å²) in [5, 5.41) is 0. The van der Waals surface area contributed by atoms with Crippen LogP contribution >= 0.6 is 0 Å². The first-order valence-corrected chi connectivity index (χ1v) is 9.86. The molecule has 0 radical (unpaired) electrons. The molecule has 0 saturated carbocycles. The number of fused-ring (bicyclic) bond motifs is 2. The molecule has 0 spiro atoms. The van der Waals surface area contributed by atoms with Gasteiger partial charge in [0.05, 0.1) is 13.5 Å². The highest BCUT2D eigenvalue weighted by molar-refractivity contribution is 5.72. The van der Waals surface area contributed by atoms with Gasteiger partial charge in [0.2, 0.25) is 0 Å². The van der Waals surface area contributed by atoms with Crippen LogP contribution < -0.4 is 0 Å². The van der Waals surface area contributed by atoms with Gasteiger partial charge in [0, 0.05) is 5.41 Å². The van der Waals surface area contributed by atoms with Crippen LogP contribution in [0.25, 0.3) is 0 Å². The second kappa shape index (κ2) is 8.26. The number of methoxy groups -OCH3 is 1. The van der Waals surface area contributed by atoms with Crippen LogP contribution in [0.1, 0.15) is 47.6 Å². The smallest absolute Gasteiger partial charge is 0.309 e. The highest BCUT2D eigenvalue weighted by Gasteiger charge is 2.34. The van der Waals surface area contributed by atoms with Gasteiger partial charge >= 0.3 is 5.97 Å². The quantitative estimate of drug-likeness (QED) is 0.720. The van der Waals surface area contributed by atoms with E-state index in [2.05, 4.69) is 68.4 Å². The Kier molecular flexibility index (Phi) is 6.01. The predicted octanol–water partition coefficient (Wildman–Crippen LogP) is 4.15. The third-order valence-electron chi connectivity index (χ3n) is 5.90. The number of aryl methyl sites for hydroxylation is 2. The molecular weight excluding hydrogens is 334 g/mol. The number of hydrogen-bond acceptors (Lipinski definition) is 3. The van der Waals surface area contributed by atoms with Crippen molar-refractivity contribution < 1.29 is 9.53 Å². The summed E-state index contributed by atoms with van der Waals surface area (Å²) in [5.74, 6) is -0.182. The lowest BCUT2D eigenvalue weighted by Crippen LogP contribution is -2.27. The minimum absolute atomic E-state index is 0.0371. The summed E-state index contributed by atoms with van der Waals surface area (Å²) in [4.78, 5) is 14.0. The van der Waals surface area contributed by atoms with E-state index in [0.29, 0.717) is 6.42 Å². The van der Waals surface area contributed by atoms with E-state index in [4.69, 9.17) is 4.74 Å². The minimum Gasteiger partial charge on any atom is -0.469 e. The van der Waals surface area contributed by atoms with Crippen LogP contribution in [-0.4, -0.2) is 38.6 Å². The Balaban J connectivity index is 2.06. The van der Waals surface area contributed by atoms with Crippen molar-refractivity contribution in [1.82, 2.24) is 4.90 Å². The molecule has 1 unspecified atom stereocenters. The molecule has 0 fully saturated rings. The van der Waals surface area contributed by atoms with Gasteiger partial charge in [-0.25, -0.2) is 0 Å². The van der Waals surface area contributed by atoms with Crippen molar-refractivity contribution >= 4 is 5.97 Å². The third kappa shape index (κ3) is 4.24. The van der Waals surface area contributed by atoms with Gasteiger partial charge in [-0.2, -0.15) is 0 Å². The van der Waals surface area contributed by atoms with Crippen molar-refractivity contribution in [2.24, 2.45) is 0 Å². The maximum Gasteiger partial charge on any atom is 0.309 e. The van der Waals surface area contributed by atoms with Crippen molar-refractivity contribution in [1.29, 1.82) is 0 Å². The number of esters is 1. The first kappa shape index (κ1) is 19.6. The van der Waals surface area contributed by atoms with E-state index in [0.717, 1.165) is 37.8 Å². The van der Waals surface area contributed by atoms with E-state index in [1.165, 1.54) is 29.4 Å². The summed E-state index contributed by atoms with van der Waals surface area (Å²) in [5.41, 5.74) is 6.69. The van der Waals surface area contributed by atoms with Crippen LogP contribution in [-0.2, 0) is 34.2 Å². The lowest BCUT2D eigenvalue weighted by molar-refractivity contribution is -0.139. The summed E-state index contributed by atoms with van der Waals surface area (Å²) in [6.45, 7) is 3.46. The molecule has 1 aliphatic rings. The Morgan fingerprint density at radius 3 is 2.48 bits per heavy atom. The number of carbonyl (C=O) groups is 1. The molecule has 3 heteroatoms. The molecule has 0 bridgehead atoms. The van der Waals surface area contributed by atoms with E-state index >= 15 is 0 Å². The molecule has 27 heavy (non-hydrogen) atoms. The number of rotatable bonds is 6. The van der Waals surface area contributed by atoms with Gasteiger partial charge in [-0.1, -0.05) is 49.4 Å². The molecule has 0 heterocycles. The van der Waals surface area contributed by atoms with Crippen LogP contribution in [0, 0.1) is 0 Å². The molecule has 0 saturated heterocycles. The van der Waals surface area contributed by atoms with Crippen molar-refractivity contribution in [3.05, 3.63) is 70.3 Å². The normalized spacial score (nSPS) is 18.6. The molecule has 2 aromatic rings. The highest BCUT2D eigenvalue weighted by atomic mass is 16.5. The fraction of sp³-hybridized carbons (Fsp3) is 0.458. The largest absolute Gasteiger partial charge is 0.469 e. The maximum absolute atomic E-state index is 11.8. The zero-order valence-electron chi connectivity index (χ0n) is 17.0. The SMILES string of the molecule is COC(=O)Cc1ccc2c(c1)C(C)(CCCN(C)C)c1ccccc1CC2. The van der Waals surface area contributed by atoms with Crippen molar-refractivity contribution in [3.63, 3.8) is 0 Å². The van der Waals surface area contributed by atoms with Crippen LogP contribution in [0.15, 0.2) is 42.5 Å². The Bertz CT molecular complexity index is 812. The summed E-state index contributed by atoms with van der Waals surface area (Å²) >= 11 is 0. The van der Waals surface area contributed by atoms with Crippen LogP contribution in [0.5, 0.6) is 0 Å². The van der Waals surface area contributed by atoms with E-state index < -0.39 is 0 Å². The topological polar surface area (TPSA) is 29.5 Å². The third-order valence-corrected chi connectivity index (χ3v) is 5.90. The molecule has 0 aliphatic heterocycles. The van der Waals surface area contributed by atoms with Crippen molar-refractivity contribution in [3.8, 4) is 0 Å². The minimum atomic E-state index is -0.182. The fourth-order valence-electron chi connectivity index (χ4n) is 4.41. The first-order valence-electron chi connectivity index (χ1n) is 9.86. The molecule has 0 amide bonds. The van der Waals surface area contributed by atoms with Gasteiger partial charge in [0.15, 0.2) is 0 Å². The molecule has 3 rings (SSSR count). The lowest BCUT2D eigenvalue weighted by Gasteiger charge is -2.33. The zero-order valence-corrected chi connectivity index (χ0v) is 17.0. The molecule has 144 valence electrons. The molecule has 3 nitrogen and oxygen atoms in total. The maximum atomic E-state index is 11.8. The average molecular weight is 366 g/mol. The van der Waals surface area contributed by atoms with Crippen molar-refractivity contribution in [2.45, 2.75) is 44.4 Å². The molecule has 2 aromatic carbocycles. The molecule has 0 aromatic heterocycles. The van der Waals surface area contributed by atoms with Gasteiger partial charge in [-0.15, -0.1) is 0 Å². The Labute approximate surface area is 163 Å². The van der Waals surface area contributed by atoms with Gasteiger partial charge in [-0.3, -0.25) is 4.79 Å². The number of ether oxygens (including phenoxy) is 1. The number of nitrogens with zero attached hydrogens (tertiary/aromatic N) is 1. The van der Waals surface area contributed by atoms with Gasteiger partial charge in [-0.05, 0) is 74.1 Å². The lowest BCUT2D eigenvalue weighted by atomic mass is 9.70. The first-order chi connectivity index (χ1) is 12.9. The Morgan fingerprint density at radius 2 is 1.78 bits per heavy atom. The molecule has 1 aliphatic carbocycles. The van der Waals surface area contributed by atoms with Crippen LogP contribution in [0.2, 0.25) is 0 Å². The second-order valence-electron chi connectivity index (χ2n) is 8.14. The van der Waals surface area contributed by atoms with E-state index in [1.54, 1.807) is 0 Å². The summed E-state index contributed by atoms with van der Waals surface area (Å²) in [7, 11) is 5.71. The second-order valence-corrected chi connectivity index (χ2v) is 8.14. The van der Waals surface area contributed by atoms with Gasteiger partial charge in [0.1, 0.15) is 0 Å². The summed E-state index contributed by atoms with van der Waals surface area (Å²) in [6, 6.07) is 15.5.